The molecule has 0 aliphatic heterocycles. The maximum absolute atomic E-state index is 12.5. The molecule has 0 aliphatic carbocycles. The molecule has 2 aromatic heterocycles. The van der Waals surface area contributed by atoms with E-state index in [1.165, 1.54) is 0 Å². The van der Waals surface area contributed by atoms with Crippen molar-refractivity contribution in [2.24, 2.45) is 0 Å². The van der Waals surface area contributed by atoms with Crippen molar-refractivity contribution in [3.8, 4) is 5.75 Å². The minimum Gasteiger partial charge on any atom is -0.496 e. The molecule has 0 bridgehead atoms. The maximum Gasteiger partial charge on any atom is 0.276 e. The fraction of sp³-hybridized carbons (Fsp3) is 0.105. The first-order chi connectivity index (χ1) is 12.7. The minimum absolute atomic E-state index is 0.278. The number of hydrogen-bond acceptors (Lipinski definition) is 4. The molecule has 0 atom stereocenters. The van der Waals surface area contributed by atoms with Crippen LogP contribution in [0.1, 0.15) is 16.1 Å². The van der Waals surface area contributed by atoms with Crippen LogP contribution in [0.2, 0.25) is 0 Å². The SMILES string of the molecule is COc1ccccc1Cn1cc(NC(=O)c2n[nH]c3ccccc23)cn1. The van der Waals surface area contributed by atoms with E-state index in [1.807, 2.05) is 48.5 Å². The van der Waals surface area contributed by atoms with Crippen molar-refractivity contribution < 1.29 is 9.53 Å². The molecule has 4 rings (SSSR count). The Kier molecular flexibility index (Phi) is 4.10. The number of aromatic amines is 1. The van der Waals surface area contributed by atoms with Crippen molar-refractivity contribution >= 4 is 22.5 Å². The summed E-state index contributed by atoms with van der Waals surface area (Å²) in [6.45, 7) is 0.547. The van der Waals surface area contributed by atoms with Crippen LogP contribution >= 0.6 is 0 Å². The summed E-state index contributed by atoms with van der Waals surface area (Å²) >= 11 is 0. The Morgan fingerprint density at radius 3 is 2.88 bits per heavy atom. The number of amides is 1. The van der Waals surface area contributed by atoms with Gasteiger partial charge >= 0.3 is 0 Å². The first-order valence-electron chi connectivity index (χ1n) is 8.13. The molecule has 0 saturated heterocycles. The molecule has 130 valence electrons. The summed E-state index contributed by atoms with van der Waals surface area (Å²) in [5.74, 6) is 0.524. The molecule has 7 nitrogen and oxygen atoms in total. The number of hydrogen-bond donors (Lipinski definition) is 2. The number of carbonyl (C=O) groups is 1. The number of H-pyrrole nitrogens is 1. The molecule has 7 heteroatoms. The number of nitrogens with one attached hydrogen (secondary N) is 2. The highest BCUT2D eigenvalue weighted by Crippen LogP contribution is 2.20. The van der Waals surface area contributed by atoms with Gasteiger partial charge in [0.05, 0.1) is 31.1 Å². The molecule has 0 aliphatic rings. The molecule has 26 heavy (non-hydrogen) atoms. The second kappa shape index (κ2) is 6.72. The summed E-state index contributed by atoms with van der Waals surface area (Å²) in [5, 5.41) is 14.9. The van der Waals surface area contributed by atoms with Crippen LogP contribution in [0, 0.1) is 0 Å². The van der Waals surface area contributed by atoms with E-state index in [4.69, 9.17) is 4.74 Å². The molecular formula is C19H17N5O2. The molecule has 2 N–H and O–H groups in total. The van der Waals surface area contributed by atoms with Gasteiger partial charge in [-0.15, -0.1) is 0 Å². The average molecular weight is 347 g/mol. The predicted molar refractivity (Wildman–Crippen MR) is 98.4 cm³/mol. The quantitative estimate of drug-likeness (QED) is 0.581. The van der Waals surface area contributed by atoms with Crippen LogP contribution in [-0.2, 0) is 6.54 Å². The van der Waals surface area contributed by atoms with E-state index < -0.39 is 0 Å². The lowest BCUT2D eigenvalue weighted by Crippen LogP contribution is -2.12. The van der Waals surface area contributed by atoms with E-state index in [9.17, 15) is 4.79 Å². The van der Waals surface area contributed by atoms with Gasteiger partial charge < -0.3 is 10.1 Å². The van der Waals surface area contributed by atoms with Crippen LogP contribution in [0.15, 0.2) is 60.9 Å². The number of ether oxygens (including phenoxy) is 1. The Morgan fingerprint density at radius 1 is 1.19 bits per heavy atom. The highest BCUT2D eigenvalue weighted by molar-refractivity contribution is 6.10. The third kappa shape index (κ3) is 3.02. The minimum atomic E-state index is -0.278. The Balaban J connectivity index is 1.51. The van der Waals surface area contributed by atoms with E-state index in [1.54, 1.807) is 24.2 Å². The van der Waals surface area contributed by atoms with Crippen LogP contribution in [0.3, 0.4) is 0 Å². The molecule has 2 heterocycles. The van der Waals surface area contributed by atoms with E-state index in [0.29, 0.717) is 17.9 Å². The van der Waals surface area contributed by atoms with Gasteiger partial charge in [-0.2, -0.15) is 10.2 Å². The highest BCUT2D eigenvalue weighted by atomic mass is 16.5. The topological polar surface area (TPSA) is 84.8 Å². The van der Waals surface area contributed by atoms with Crippen molar-refractivity contribution in [3.05, 3.63) is 72.2 Å². The summed E-state index contributed by atoms with van der Waals surface area (Å²) in [7, 11) is 1.64. The fourth-order valence-electron chi connectivity index (χ4n) is 2.85. The van der Waals surface area contributed by atoms with Gasteiger partial charge in [0.1, 0.15) is 5.75 Å². The zero-order valence-electron chi connectivity index (χ0n) is 14.1. The number of benzene rings is 2. The number of nitrogens with zero attached hydrogens (tertiary/aromatic N) is 3. The molecular weight excluding hydrogens is 330 g/mol. The van der Waals surface area contributed by atoms with Crippen molar-refractivity contribution in [2.75, 3.05) is 12.4 Å². The maximum atomic E-state index is 12.5. The molecule has 2 aromatic carbocycles. The zero-order chi connectivity index (χ0) is 17.9. The molecule has 4 aromatic rings. The lowest BCUT2D eigenvalue weighted by Gasteiger charge is -2.07. The number of aromatic nitrogens is 4. The van der Waals surface area contributed by atoms with Crippen LogP contribution < -0.4 is 10.1 Å². The molecule has 1 amide bonds. The predicted octanol–water partition coefficient (Wildman–Crippen LogP) is 3.07. The van der Waals surface area contributed by atoms with Crippen LogP contribution in [0.25, 0.3) is 10.9 Å². The standard InChI is InChI=1S/C19H17N5O2/c1-26-17-9-5-2-6-13(17)11-24-12-14(10-20-24)21-19(25)18-15-7-3-4-8-16(15)22-23-18/h2-10,12H,11H2,1H3,(H,21,25)(H,22,23). The zero-order valence-corrected chi connectivity index (χ0v) is 14.1. The Labute approximate surface area is 149 Å². The van der Waals surface area contributed by atoms with Gasteiger partial charge in [0.2, 0.25) is 0 Å². The molecule has 0 fully saturated rings. The van der Waals surface area contributed by atoms with Crippen molar-refractivity contribution in [1.29, 1.82) is 0 Å². The van der Waals surface area contributed by atoms with Gasteiger partial charge in [-0.25, -0.2) is 0 Å². The smallest absolute Gasteiger partial charge is 0.276 e. The average Bonchev–Trinajstić information content (AvgIpc) is 3.29. The first-order valence-corrected chi connectivity index (χ1v) is 8.13. The number of methoxy groups -OCH3 is 1. The molecule has 0 radical (unpaired) electrons. The largest absolute Gasteiger partial charge is 0.496 e. The van der Waals surface area contributed by atoms with Crippen molar-refractivity contribution in [1.82, 2.24) is 20.0 Å². The Hall–Kier alpha value is -3.61. The van der Waals surface area contributed by atoms with E-state index >= 15 is 0 Å². The lowest BCUT2D eigenvalue weighted by molar-refractivity contribution is 0.102. The van der Waals surface area contributed by atoms with Crippen LogP contribution in [0.5, 0.6) is 5.75 Å². The summed E-state index contributed by atoms with van der Waals surface area (Å²) in [6.07, 6.45) is 3.39. The third-order valence-electron chi connectivity index (χ3n) is 4.10. The summed E-state index contributed by atoms with van der Waals surface area (Å²) in [5.41, 5.74) is 2.80. The monoisotopic (exact) mass is 347 g/mol. The number of carbonyl (C=O) groups excluding carboxylic acids is 1. The van der Waals surface area contributed by atoms with Gasteiger partial charge in [-0.05, 0) is 12.1 Å². The van der Waals surface area contributed by atoms with Gasteiger partial charge in [0.25, 0.3) is 5.91 Å². The number of para-hydroxylation sites is 2. The van der Waals surface area contributed by atoms with E-state index in [0.717, 1.165) is 22.2 Å². The molecule has 0 unspecified atom stereocenters. The summed E-state index contributed by atoms with van der Waals surface area (Å²) < 4.78 is 7.10. The van der Waals surface area contributed by atoms with Gasteiger partial charge in [-0.1, -0.05) is 36.4 Å². The Bertz CT molecular complexity index is 1070. The first kappa shape index (κ1) is 15.9. The third-order valence-corrected chi connectivity index (χ3v) is 4.10. The second-order valence-electron chi connectivity index (χ2n) is 5.81. The van der Waals surface area contributed by atoms with Gasteiger partial charge in [0.15, 0.2) is 5.69 Å². The highest BCUT2D eigenvalue weighted by Gasteiger charge is 2.14. The van der Waals surface area contributed by atoms with E-state index in [2.05, 4.69) is 20.6 Å². The van der Waals surface area contributed by atoms with Gasteiger partial charge in [-0.3, -0.25) is 14.6 Å². The normalized spacial score (nSPS) is 10.8. The number of fused-ring (bicyclic) bond motifs is 1. The van der Waals surface area contributed by atoms with Crippen LogP contribution in [-0.4, -0.2) is 33.0 Å². The van der Waals surface area contributed by atoms with Gasteiger partial charge in [0, 0.05) is 17.1 Å². The number of rotatable bonds is 5. The fourth-order valence-corrected chi connectivity index (χ4v) is 2.85. The van der Waals surface area contributed by atoms with E-state index in [-0.39, 0.29) is 5.91 Å². The van der Waals surface area contributed by atoms with Crippen molar-refractivity contribution in [2.45, 2.75) is 6.54 Å². The summed E-state index contributed by atoms with van der Waals surface area (Å²) in [6, 6.07) is 15.3. The lowest BCUT2D eigenvalue weighted by atomic mass is 10.2. The van der Waals surface area contributed by atoms with Crippen LogP contribution in [0.4, 0.5) is 5.69 Å². The second-order valence-corrected chi connectivity index (χ2v) is 5.81. The van der Waals surface area contributed by atoms with Crippen molar-refractivity contribution in [3.63, 3.8) is 0 Å². The molecule has 0 spiro atoms. The molecule has 0 saturated carbocycles. The number of anilines is 1. The Morgan fingerprint density at radius 2 is 2.00 bits per heavy atom. The summed E-state index contributed by atoms with van der Waals surface area (Å²) in [4.78, 5) is 12.5.